The van der Waals surface area contributed by atoms with Crippen LogP contribution in [0.2, 0.25) is 0 Å². The highest BCUT2D eigenvalue weighted by atomic mass is 14.3. The van der Waals surface area contributed by atoms with Gasteiger partial charge in [-0.05, 0) is 46.3 Å². The van der Waals surface area contributed by atoms with Crippen molar-refractivity contribution in [2.45, 2.75) is 12.8 Å². The predicted molar refractivity (Wildman–Crippen MR) is 76.1 cm³/mol. The molecule has 0 heterocycles. The Hall–Kier alpha value is -2.08. The average Bonchev–Trinajstić information content (AvgIpc) is 2.68. The lowest BCUT2D eigenvalue weighted by Gasteiger charge is -2.14. The van der Waals surface area contributed by atoms with Crippen molar-refractivity contribution in [1.29, 1.82) is 0 Å². The van der Waals surface area contributed by atoms with E-state index < -0.39 is 0 Å². The van der Waals surface area contributed by atoms with Gasteiger partial charge in [0.2, 0.25) is 0 Å². The number of hydrogen-bond acceptors (Lipinski definition) is 0. The molecule has 4 rings (SSSR count). The molecular formula is C18H14. The van der Waals surface area contributed by atoms with Crippen LogP contribution in [0.25, 0.3) is 5.57 Å². The third kappa shape index (κ3) is 1.32. The summed E-state index contributed by atoms with van der Waals surface area (Å²) in [6.45, 7) is 0. The lowest BCUT2D eigenvalue weighted by molar-refractivity contribution is 1.22. The van der Waals surface area contributed by atoms with Crippen LogP contribution in [0.15, 0.2) is 77.4 Å². The van der Waals surface area contributed by atoms with E-state index in [1.807, 2.05) is 0 Å². The van der Waals surface area contributed by atoms with E-state index in [0.717, 1.165) is 12.8 Å². The van der Waals surface area contributed by atoms with Gasteiger partial charge in [-0.1, -0.05) is 60.7 Å². The van der Waals surface area contributed by atoms with Gasteiger partial charge in [0.1, 0.15) is 0 Å². The zero-order valence-electron chi connectivity index (χ0n) is 10.2. The van der Waals surface area contributed by atoms with Crippen molar-refractivity contribution in [2.75, 3.05) is 0 Å². The number of fused-ring (bicyclic) bond motifs is 4. The summed E-state index contributed by atoms with van der Waals surface area (Å²) in [7, 11) is 0. The maximum atomic E-state index is 2.28. The molecule has 3 aliphatic rings. The first-order valence-corrected chi connectivity index (χ1v) is 6.50. The van der Waals surface area contributed by atoms with Gasteiger partial charge in [-0.2, -0.15) is 0 Å². The molecule has 0 aliphatic heterocycles. The minimum Gasteiger partial charge on any atom is -0.0801 e. The maximum absolute atomic E-state index is 2.28. The Morgan fingerprint density at radius 3 is 2.89 bits per heavy atom. The molecule has 0 radical (unpaired) electrons. The van der Waals surface area contributed by atoms with Crippen LogP contribution in [0.1, 0.15) is 17.5 Å². The molecule has 0 saturated carbocycles. The summed E-state index contributed by atoms with van der Waals surface area (Å²) in [5, 5.41) is 0. The van der Waals surface area contributed by atoms with Gasteiger partial charge in [0.15, 0.2) is 0 Å². The molecule has 0 spiro atoms. The summed E-state index contributed by atoms with van der Waals surface area (Å²) in [6.07, 6.45) is 15.5. The van der Waals surface area contributed by atoms with Crippen molar-refractivity contribution in [3.05, 3.63) is 88.6 Å². The Morgan fingerprint density at radius 1 is 0.944 bits per heavy atom. The first kappa shape index (κ1) is 9.90. The molecule has 1 aromatic rings. The third-order valence-corrected chi connectivity index (χ3v) is 3.95. The second-order valence-corrected chi connectivity index (χ2v) is 4.99. The van der Waals surface area contributed by atoms with E-state index >= 15 is 0 Å². The molecule has 0 amide bonds. The summed E-state index contributed by atoms with van der Waals surface area (Å²) >= 11 is 0. The molecule has 18 heavy (non-hydrogen) atoms. The summed E-state index contributed by atoms with van der Waals surface area (Å²) in [4.78, 5) is 0. The Balaban J connectivity index is 2.03. The SMILES string of the molecule is C1=CCC2=C3C(=CC=CC2=C1)Cc1ccccc13. The van der Waals surface area contributed by atoms with Crippen LogP contribution in [-0.2, 0) is 6.42 Å². The fourth-order valence-electron chi connectivity index (χ4n) is 3.13. The minimum absolute atomic E-state index is 1.05. The lowest BCUT2D eigenvalue weighted by Crippen LogP contribution is -1.94. The first-order valence-electron chi connectivity index (χ1n) is 6.50. The van der Waals surface area contributed by atoms with E-state index in [-0.39, 0.29) is 0 Å². The summed E-state index contributed by atoms with van der Waals surface area (Å²) < 4.78 is 0. The lowest BCUT2D eigenvalue weighted by atomic mass is 9.90. The van der Waals surface area contributed by atoms with Crippen molar-refractivity contribution in [3.63, 3.8) is 0 Å². The Morgan fingerprint density at radius 2 is 1.89 bits per heavy atom. The van der Waals surface area contributed by atoms with Crippen molar-refractivity contribution >= 4 is 5.57 Å². The quantitative estimate of drug-likeness (QED) is 0.620. The highest BCUT2D eigenvalue weighted by molar-refractivity contribution is 5.91. The Labute approximate surface area is 107 Å². The topological polar surface area (TPSA) is 0 Å². The largest absolute Gasteiger partial charge is 0.0801 e. The molecule has 0 atom stereocenters. The number of rotatable bonds is 0. The molecule has 0 aromatic heterocycles. The molecule has 0 nitrogen and oxygen atoms in total. The van der Waals surface area contributed by atoms with Crippen molar-refractivity contribution in [3.8, 4) is 0 Å². The second-order valence-electron chi connectivity index (χ2n) is 4.99. The average molecular weight is 230 g/mol. The van der Waals surface area contributed by atoms with E-state index in [2.05, 4.69) is 60.7 Å². The van der Waals surface area contributed by atoms with Crippen LogP contribution in [0.3, 0.4) is 0 Å². The third-order valence-electron chi connectivity index (χ3n) is 3.95. The predicted octanol–water partition coefficient (Wildman–Crippen LogP) is 4.38. The Bertz CT molecular complexity index is 676. The highest BCUT2D eigenvalue weighted by Gasteiger charge is 2.25. The van der Waals surface area contributed by atoms with Crippen LogP contribution < -0.4 is 0 Å². The molecule has 0 fully saturated rings. The van der Waals surface area contributed by atoms with Crippen LogP contribution in [0.4, 0.5) is 0 Å². The molecule has 3 aliphatic carbocycles. The molecule has 0 saturated heterocycles. The van der Waals surface area contributed by atoms with E-state index in [9.17, 15) is 0 Å². The van der Waals surface area contributed by atoms with E-state index in [1.165, 1.54) is 33.4 Å². The molecular weight excluding hydrogens is 216 g/mol. The minimum atomic E-state index is 1.05. The van der Waals surface area contributed by atoms with Gasteiger partial charge in [0, 0.05) is 0 Å². The molecule has 1 aromatic carbocycles. The monoisotopic (exact) mass is 230 g/mol. The zero-order chi connectivity index (χ0) is 11.9. The van der Waals surface area contributed by atoms with Crippen LogP contribution in [0, 0.1) is 0 Å². The first-order chi connectivity index (χ1) is 8.93. The van der Waals surface area contributed by atoms with Gasteiger partial charge in [0.05, 0.1) is 0 Å². The van der Waals surface area contributed by atoms with E-state index in [4.69, 9.17) is 0 Å². The highest BCUT2D eigenvalue weighted by Crippen LogP contribution is 2.43. The van der Waals surface area contributed by atoms with Gasteiger partial charge >= 0.3 is 0 Å². The fourth-order valence-corrected chi connectivity index (χ4v) is 3.13. The molecule has 0 N–H and O–H groups in total. The molecule has 0 heteroatoms. The molecule has 0 unspecified atom stereocenters. The maximum Gasteiger partial charge on any atom is -0.00133 e. The van der Waals surface area contributed by atoms with Gasteiger partial charge in [0.25, 0.3) is 0 Å². The standard InChI is InChI=1S/C18H14/c1-3-10-16-13(6-1)8-5-9-15-12-14-7-2-4-11-17(14)18(15)16/h1-9,11H,10,12H2. The Kier molecular flexibility index (Phi) is 2.04. The van der Waals surface area contributed by atoms with Crippen molar-refractivity contribution in [2.24, 2.45) is 0 Å². The second kappa shape index (κ2) is 3.71. The van der Waals surface area contributed by atoms with Gasteiger partial charge in [-0.25, -0.2) is 0 Å². The molecule has 86 valence electrons. The van der Waals surface area contributed by atoms with Crippen LogP contribution in [-0.4, -0.2) is 0 Å². The van der Waals surface area contributed by atoms with Gasteiger partial charge < -0.3 is 0 Å². The smallest absolute Gasteiger partial charge is 0.00133 e. The normalized spacial score (nSPS) is 19.8. The fraction of sp³-hybridized carbons (Fsp3) is 0.111. The van der Waals surface area contributed by atoms with Gasteiger partial charge in [-0.15, -0.1) is 0 Å². The summed E-state index contributed by atoms with van der Waals surface area (Å²) in [6, 6.07) is 8.81. The summed E-state index contributed by atoms with van der Waals surface area (Å²) in [5.41, 5.74) is 8.71. The van der Waals surface area contributed by atoms with E-state index in [0.29, 0.717) is 0 Å². The van der Waals surface area contributed by atoms with Crippen LogP contribution in [0.5, 0.6) is 0 Å². The zero-order valence-corrected chi connectivity index (χ0v) is 10.2. The number of allylic oxidation sites excluding steroid dienone is 10. The molecule has 0 bridgehead atoms. The van der Waals surface area contributed by atoms with Crippen LogP contribution >= 0.6 is 0 Å². The van der Waals surface area contributed by atoms with Crippen molar-refractivity contribution in [1.82, 2.24) is 0 Å². The van der Waals surface area contributed by atoms with E-state index in [1.54, 1.807) is 0 Å². The van der Waals surface area contributed by atoms with Gasteiger partial charge in [-0.3, -0.25) is 0 Å². The van der Waals surface area contributed by atoms with Crippen molar-refractivity contribution < 1.29 is 0 Å². The summed E-state index contributed by atoms with van der Waals surface area (Å²) in [5.74, 6) is 0. The number of hydrogen-bond donors (Lipinski definition) is 0. The number of benzene rings is 1.